The first-order valence-corrected chi connectivity index (χ1v) is 9.86. The second kappa shape index (κ2) is 4.96. The largest absolute Gasteiger partial charge is 0.397 e. The van der Waals surface area contributed by atoms with Crippen molar-refractivity contribution >= 4 is 25.5 Å². The zero-order valence-electron chi connectivity index (χ0n) is 12.3. The van der Waals surface area contributed by atoms with Crippen molar-refractivity contribution < 1.29 is 16.8 Å². The highest BCUT2D eigenvalue weighted by atomic mass is 32.2. The van der Waals surface area contributed by atoms with Gasteiger partial charge in [0.1, 0.15) is 4.90 Å². The van der Waals surface area contributed by atoms with E-state index in [1.165, 1.54) is 0 Å². The summed E-state index contributed by atoms with van der Waals surface area (Å²) in [4.78, 5) is 0.0352. The van der Waals surface area contributed by atoms with E-state index >= 15 is 0 Å². The highest BCUT2D eigenvalue weighted by molar-refractivity contribution is 7.92. The minimum absolute atomic E-state index is 0.00565. The Bertz CT molecular complexity index is 785. The fourth-order valence-electron chi connectivity index (χ4n) is 2.63. The van der Waals surface area contributed by atoms with Crippen LogP contribution >= 0.6 is 0 Å². The predicted octanol–water partition coefficient (Wildman–Crippen LogP) is 0.741. The molecule has 21 heavy (non-hydrogen) atoms. The van der Waals surface area contributed by atoms with E-state index in [9.17, 15) is 16.8 Å². The van der Waals surface area contributed by atoms with Crippen LogP contribution in [0.2, 0.25) is 0 Å². The van der Waals surface area contributed by atoms with Crippen molar-refractivity contribution in [1.29, 1.82) is 0 Å². The van der Waals surface area contributed by atoms with Crippen LogP contribution in [0.1, 0.15) is 24.5 Å². The highest BCUT2D eigenvalue weighted by Crippen LogP contribution is 2.30. The minimum atomic E-state index is -3.88. The third-order valence-corrected chi connectivity index (χ3v) is 7.51. The lowest BCUT2D eigenvalue weighted by Gasteiger charge is -2.25. The van der Waals surface area contributed by atoms with E-state index in [-0.39, 0.29) is 28.5 Å². The van der Waals surface area contributed by atoms with Gasteiger partial charge in [0.15, 0.2) is 9.84 Å². The maximum atomic E-state index is 12.6. The van der Waals surface area contributed by atoms with Gasteiger partial charge in [0.05, 0.1) is 17.2 Å². The monoisotopic (exact) mass is 332 g/mol. The standard InChI is InChI=1S/C13H20N2O4S2/c1-9-4-5-10(2)12(11(9)14)21(18,19)15-13(3)6-7-20(16,17)8-13/h4-5,15H,6-8,14H2,1-3H3. The van der Waals surface area contributed by atoms with E-state index in [1.807, 2.05) is 0 Å². The molecule has 1 fully saturated rings. The summed E-state index contributed by atoms with van der Waals surface area (Å²) in [6.45, 7) is 5.00. The van der Waals surface area contributed by atoms with Crippen LogP contribution in [0.3, 0.4) is 0 Å². The molecule has 0 aliphatic carbocycles. The molecule has 0 spiro atoms. The molecule has 1 unspecified atom stereocenters. The van der Waals surface area contributed by atoms with E-state index < -0.39 is 25.4 Å². The number of benzene rings is 1. The van der Waals surface area contributed by atoms with Gasteiger partial charge in [-0.15, -0.1) is 0 Å². The molecular weight excluding hydrogens is 312 g/mol. The van der Waals surface area contributed by atoms with Gasteiger partial charge in [0.25, 0.3) is 0 Å². The Labute approximate surface area is 125 Å². The lowest BCUT2D eigenvalue weighted by atomic mass is 10.0. The molecular formula is C13H20N2O4S2. The second-order valence-electron chi connectivity index (χ2n) is 5.95. The van der Waals surface area contributed by atoms with E-state index in [0.29, 0.717) is 11.1 Å². The molecule has 0 bridgehead atoms. The fourth-order valence-corrected chi connectivity index (χ4v) is 6.68. The van der Waals surface area contributed by atoms with Gasteiger partial charge in [-0.25, -0.2) is 21.6 Å². The molecule has 3 N–H and O–H groups in total. The summed E-state index contributed by atoms with van der Waals surface area (Å²) in [5.41, 5.74) is 6.33. The molecule has 8 heteroatoms. The smallest absolute Gasteiger partial charge is 0.243 e. The number of aryl methyl sites for hydroxylation is 2. The summed E-state index contributed by atoms with van der Waals surface area (Å²) in [6, 6.07) is 3.44. The number of anilines is 1. The van der Waals surface area contributed by atoms with Gasteiger partial charge in [-0.1, -0.05) is 12.1 Å². The lowest BCUT2D eigenvalue weighted by molar-refractivity contribution is 0.461. The quantitative estimate of drug-likeness (QED) is 0.794. The van der Waals surface area contributed by atoms with E-state index in [1.54, 1.807) is 32.9 Å². The van der Waals surface area contributed by atoms with Crippen LogP contribution in [0.15, 0.2) is 17.0 Å². The maximum Gasteiger partial charge on any atom is 0.243 e. The molecule has 0 aromatic heterocycles. The Morgan fingerprint density at radius 1 is 1.24 bits per heavy atom. The first-order valence-electron chi connectivity index (χ1n) is 6.56. The molecule has 1 aliphatic rings. The van der Waals surface area contributed by atoms with Crippen molar-refractivity contribution in [2.45, 2.75) is 37.6 Å². The predicted molar refractivity (Wildman–Crippen MR) is 82.3 cm³/mol. The molecule has 1 atom stereocenters. The number of hydrogen-bond acceptors (Lipinski definition) is 5. The van der Waals surface area contributed by atoms with Crippen molar-refractivity contribution in [3.63, 3.8) is 0 Å². The van der Waals surface area contributed by atoms with Crippen molar-refractivity contribution in [2.24, 2.45) is 0 Å². The van der Waals surface area contributed by atoms with Crippen molar-refractivity contribution in [3.8, 4) is 0 Å². The molecule has 1 aromatic rings. The van der Waals surface area contributed by atoms with E-state index in [0.717, 1.165) is 0 Å². The molecule has 1 heterocycles. The van der Waals surface area contributed by atoms with Crippen LogP contribution in [0.25, 0.3) is 0 Å². The number of hydrogen-bond donors (Lipinski definition) is 2. The molecule has 0 amide bonds. The van der Waals surface area contributed by atoms with Gasteiger partial charge in [-0.3, -0.25) is 0 Å². The number of sulfone groups is 1. The normalized spacial score (nSPS) is 25.1. The van der Waals surface area contributed by atoms with Gasteiger partial charge in [0.2, 0.25) is 10.0 Å². The Morgan fingerprint density at radius 3 is 2.33 bits per heavy atom. The number of nitrogens with two attached hydrogens (primary N) is 1. The van der Waals surface area contributed by atoms with Crippen LogP contribution in [-0.2, 0) is 19.9 Å². The van der Waals surface area contributed by atoms with E-state index in [2.05, 4.69) is 4.72 Å². The fraction of sp³-hybridized carbons (Fsp3) is 0.538. The Kier molecular flexibility index (Phi) is 3.84. The lowest BCUT2D eigenvalue weighted by Crippen LogP contribution is -2.47. The van der Waals surface area contributed by atoms with Crippen molar-refractivity contribution in [1.82, 2.24) is 4.72 Å². The van der Waals surface area contributed by atoms with E-state index in [4.69, 9.17) is 5.73 Å². The van der Waals surface area contributed by atoms with Gasteiger partial charge >= 0.3 is 0 Å². The third kappa shape index (κ3) is 3.22. The topological polar surface area (TPSA) is 106 Å². The van der Waals surface area contributed by atoms with Crippen LogP contribution in [-0.4, -0.2) is 33.9 Å². The maximum absolute atomic E-state index is 12.6. The Morgan fingerprint density at radius 2 is 1.81 bits per heavy atom. The Hall–Kier alpha value is -1.12. The molecule has 0 saturated carbocycles. The summed E-state index contributed by atoms with van der Waals surface area (Å²) in [6.07, 6.45) is 0.263. The van der Waals surface area contributed by atoms with Crippen molar-refractivity contribution in [2.75, 3.05) is 17.2 Å². The molecule has 0 radical (unpaired) electrons. The second-order valence-corrected chi connectivity index (χ2v) is 9.75. The third-order valence-electron chi connectivity index (χ3n) is 3.76. The summed E-state index contributed by atoms with van der Waals surface area (Å²) < 4.78 is 50.9. The first kappa shape index (κ1) is 16.3. The minimum Gasteiger partial charge on any atom is -0.397 e. The highest BCUT2D eigenvalue weighted by Gasteiger charge is 2.42. The molecule has 118 valence electrons. The zero-order valence-corrected chi connectivity index (χ0v) is 13.9. The van der Waals surface area contributed by atoms with Crippen LogP contribution in [0.4, 0.5) is 5.69 Å². The van der Waals surface area contributed by atoms with Gasteiger partial charge in [-0.05, 0) is 38.3 Å². The Balaban J connectivity index is 2.43. The average molecular weight is 332 g/mol. The number of sulfonamides is 1. The number of rotatable bonds is 3. The molecule has 2 rings (SSSR count). The number of nitrogens with one attached hydrogen (secondary N) is 1. The van der Waals surface area contributed by atoms with Crippen LogP contribution < -0.4 is 10.5 Å². The average Bonchev–Trinajstić information content (AvgIpc) is 2.57. The summed E-state index contributed by atoms with van der Waals surface area (Å²) in [5.74, 6) is -0.196. The summed E-state index contributed by atoms with van der Waals surface area (Å²) in [5, 5.41) is 0. The first-order chi connectivity index (χ1) is 9.46. The van der Waals surface area contributed by atoms with Crippen molar-refractivity contribution in [3.05, 3.63) is 23.3 Å². The summed E-state index contributed by atoms with van der Waals surface area (Å²) >= 11 is 0. The molecule has 6 nitrogen and oxygen atoms in total. The van der Waals surface area contributed by atoms with Gasteiger partial charge < -0.3 is 5.73 Å². The molecule has 1 aromatic carbocycles. The molecule has 1 saturated heterocycles. The zero-order chi connectivity index (χ0) is 16.1. The van der Waals surface area contributed by atoms with Crippen LogP contribution in [0, 0.1) is 13.8 Å². The summed E-state index contributed by atoms with van der Waals surface area (Å²) in [7, 11) is -7.07. The van der Waals surface area contributed by atoms with Gasteiger partial charge in [-0.2, -0.15) is 0 Å². The molecule has 1 aliphatic heterocycles. The SMILES string of the molecule is Cc1ccc(C)c(S(=O)(=O)NC2(C)CCS(=O)(=O)C2)c1N. The van der Waals surface area contributed by atoms with Gasteiger partial charge in [0, 0.05) is 5.54 Å². The number of nitrogen functional groups attached to an aromatic ring is 1. The van der Waals surface area contributed by atoms with Crippen LogP contribution in [0.5, 0.6) is 0 Å².